The highest BCUT2D eigenvalue weighted by Crippen LogP contribution is 2.27. The van der Waals surface area contributed by atoms with Crippen LogP contribution in [-0.2, 0) is 11.3 Å². The molecule has 0 unspecified atom stereocenters. The van der Waals surface area contributed by atoms with E-state index in [0.717, 1.165) is 36.2 Å². The molecule has 5 heteroatoms. The van der Waals surface area contributed by atoms with Gasteiger partial charge >= 0.3 is 0 Å². The van der Waals surface area contributed by atoms with Gasteiger partial charge < -0.3 is 16.4 Å². The van der Waals surface area contributed by atoms with Gasteiger partial charge in [-0.1, -0.05) is 24.6 Å². The van der Waals surface area contributed by atoms with Gasteiger partial charge in [-0.05, 0) is 67.6 Å². The first kappa shape index (κ1) is 18.0. The number of anilines is 2. The maximum atomic E-state index is 12.1. The molecule has 0 bridgehead atoms. The van der Waals surface area contributed by atoms with Crippen LogP contribution in [0.4, 0.5) is 11.4 Å². The Kier molecular flexibility index (Phi) is 5.56. The van der Waals surface area contributed by atoms with Gasteiger partial charge in [0.2, 0.25) is 5.91 Å². The molecule has 0 aromatic heterocycles. The molecule has 0 atom stereocenters. The molecule has 5 nitrogen and oxygen atoms in total. The van der Waals surface area contributed by atoms with E-state index < -0.39 is 0 Å². The molecule has 0 aliphatic heterocycles. The number of carbonyl (C=O) groups excluding carboxylic acids is 1. The maximum absolute atomic E-state index is 12.1. The van der Waals surface area contributed by atoms with Gasteiger partial charge in [-0.3, -0.25) is 4.79 Å². The second-order valence-electron chi connectivity index (χ2n) is 7.02. The van der Waals surface area contributed by atoms with E-state index in [0.29, 0.717) is 12.5 Å². The van der Waals surface area contributed by atoms with Crippen LogP contribution in [0.1, 0.15) is 36.0 Å². The number of carbonyl (C=O) groups is 1. The lowest BCUT2D eigenvalue weighted by molar-refractivity contribution is -0.122. The number of nitrogens with zero attached hydrogens (tertiary/aromatic N) is 1. The van der Waals surface area contributed by atoms with E-state index in [-0.39, 0.29) is 11.8 Å². The van der Waals surface area contributed by atoms with Crippen molar-refractivity contribution in [1.82, 2.24) is 0 Å². The molecule has 2 aromatic rings. The van der Waals surface area contributed by atoms with Crippen molar-refractivity contribution in [3.8, 4) is 0 Å². The minimum atomic E-state index is 0.118. The molecule has 0 radical (unpaired) electrons. The van der Waals surface area contributed by atoms with Crippen molar-refractivity contribution in [2.24, 2.45) is 16.6 Å². The van der Waals surface area contributed by atoms with Crippen molar-refractivity contribution < 1.29 is 4.79 Å². The number of hydrogen-bond donors (Lipinski definition) is 3. The molecule has 136 valence electrons. The fraction of sp³-hybridized carbons (Fsp3) is 0.333. The van der Waals surface area contributed by atoms with Gasteiger partial charge in [0, 0.05) is 17.3 Å². The SMILES string of the molecule is Cc1cc(C)cc(NC(N)=NCc2cccc(NC(=O)C3CCC3)c2)c1. The van der Waals surface area contributed by atoms with Crippen molar-refractivity contribution in [1.29, 1.82) is 0 Å². The minimum Gasteiger partial charge on any atom is -0.370 e. The van der Waals surface area contributed by atoms with Crippen molar-refractivity contribution in [2.45, 2.75) is 39.7 Å². The average molecular weight is 350 g/mol. The van der Waals surface area contributed by atoms with E-state index in [1.54, 1.807) is 0 Å². The topological polar surface area (TPSA) is 79.5 Å². The highest BCUT2D eigenvalue weighted by atomic mass is 16.1. The van der Waals surface area contributed by atoms with E-state index in [4.69, 9.17) is 5.73 Å². The minimum absolute atomic E-state index is 0.118. The van der Waals surface area contributed by atoms with Crippen LogP contribution in [0.15, 0.2) is 47.5 Å². The summed E-state index contributed by atoms with van der Waals surface area (Å²) >= 11 is 0. The number of aliphatic imine (C=N–C) groups is 1. The quantitative estimate of drug-likeness (QED) is 0.564. The van der Waals surface area contributed by atoms with E-state index in [2.05, 4.69) is 35.5 Å². The summed E-state index contributed by atoms with van der Waals surface area (Å²) in [6.07, 6.45) is 3.15. The second-order valence-corrected chi connectivity index (χ2v) is 7.02. The first-order chi connectivity index (χ1) is 12.5. The largest absolute Gasteiger partial charge is 0.370 e. The highest BCUT2D eigenvalue weighted by molar-refractivity contribution is 5.93. The van der Waals surface area contributed by atoms with Crippen LogP contribution in [0, 0.1) is 19.8 Å². The molecule has 0 spiro atoms. The third-order valence-corrected chi connectivity index (χ3v) is 4.60. The monoisotopic (exact) mass is 350 g/mol. The van der Waals surface area contributed by atoms with Crippen LogP contribution in [-0.4, -0.2) is 11.9 Å². The first-order valence-corrected chi connectivity index (χ1v) is 9.04. The fourth-order valence-electron chi connectivity index (χ4n) is 3.07. The van der Waals surface area contributed by atoms with E-state index in [9.17, 15) is 4.79 Å². The van der Waals surface area contributed by atoms with Gasteiger partial charge in [-0.15, -0.1) is 0 Å². The summed E-state index contributed by atoms with van der Waals surface area (Å²) in [5.74, 6) is 0.668. The maximum Gasteiger partial charge on any atom is 0.227 e. The van der Waals surface area contributed by atoms with Crippen molar-refractivity contribution in [2.75, 3.05) is 10.6 Å². The zero-order valence-corrected chi connectivity index (χ0v) is 15.4. The number of benzene rings is 2. The summed E-state index contributed by atoms with van der Waals surface area (Å²) < 4.78 is 0. The second kappa shape index (κ2) is 8.04. The lowest BCUT2D eigenvalue weighted by Crippen LogP contribution is -2.28. The standard InChI is InChI=1S/C21H26N4O/c1-14-9-15(2)11-19(10-14)25-21(22)23-13-16-5-3-8-18(12-16)24-20(26)17-6-4-7-17/h3,5,8-12,17H,4,6-7,13H2,1-2H3,(H,24,26)(H3,22,23,25). The Labute approximate surface area is 154 Å². The van der Waals surface area contributed by atoms with Crippen LogP contribution >= 0.6 is 0 Å². The molecular formula is C21H26N4O. The van der Waals surface area contributed by atoms with Crippen LogP contribution in [0.5, 0.6) is 0 Å². The van der Waals surface area contributed by atoms with Crippen molar-refractivity contribution in [3.63, 3.8) is 0 Å². The number of amides is 1. The molecular weight excluding hydrogens is 324 g/mol. The third kappa shape index (κ3) is 4.85. The van der Waals surface area contributed by atoms with E-state index in [1.165, 1.54) is 11.1 Å². The highest BCUT2D eigenvalue weighted by Gasteiger charge is 2.25. The first-order valence-electron chi connectivity index (χ1n) is 9.04. The zero-order chi connectivity index (χ0) is 18.5. The molecule has 1 aliphatic rings. The number of aryl methyl sites for hydroxylation is 2. The van der Waals surface area contributed by atoms with E-state index in [1.807, 2.05) is 36.4 Å². The lowest BCUT2D eigenvalue weighted by Gasteiger charge is -2.24. The number of nitrogens with one attached hydrogen (secondary N) is 2. The summed E-state index contributed by atoms with van der Waals surface area (Å²) in [5, 5.41) is 6.12. The Morgan fingerprint density at radius 3 is 2.46 bits per heavy atom. The normalized spacial score (nSPS) is 14.6. The summed E-state index contributed by atoms with van der Waals surface area (Å²) in [6, 6.07) is 13.9. The predicted octanol–water partition coefficient (Wildman–Crippen LogP) is 3.97. The number of hydrogen-bond acceptors (Lipinski definition) is 2. The third-order valence-electron chi connectivity index (χ3n) is 4.60. The van der Waals surface area contributed by atoms with Crippen LogP contribution in [0.3, 0.4) is 0 Å². The summed E-state index contributed by atoms with van der Waals surface area (Å²) in [5.41, 5.74) is 11.1. The van der Waals surface area contributed by atoms with Crippen LogP contribution < -0.4 is 16.4 Å². The average Bonchev–Trinajstić information content (AvgIpc) is 2.50. The molecule has 2 aromatic carbocycles. The van der Waals surface area contributed by atoms with Crippen molar-refractivity contribution >= 4 is 23.2 Å². The summed E-state index contributed by atoms with van der Waals surface area (Å²) in [4.78, 5) is 16.5. The van der Waals surface area contributed by atoms with Crippen molar-refractivity contribution in [3.05, 3.63) is 59.2 Å². The zero-order valence-electron chi connectivity index (χ0n) is 15.4. The Balaban J connectivity index is 1.60. The molecule has 1 amide bonds. The summed E-state index contributed by atoms with van der Waals surface area (Å²) in [6.45, 7) is 4.56. The molecule has 1 saturated carbocycles. The summed E-state index contributed by atoms with van der Waals surface area (Å²) in [7, 11) is 0. The van der Waals surface area contributed by atoms with Gasteiger partial charge in [0.15, 0.2) is 5.96 Å². The lowest BCUT2D eigenvalue weighted by atomic mass is 9.85. The molecule has 0 heterocycles. The fourth-order valence-corrected chi connectivity index (χ4v) is 3.07. The Morgan fingerprint density at radius 2 is 1.81 bits per heavy atom. The molecule has 1 fully saturated rings. The van der Waals surface area contributed by atoms with Gasteiger partial charge in [0.1, 0.15) is 0 Å². The van der Waals surface area contributed by atoms with E-state index >= 15 is 0 Å². The number of guanidine groups is 1. The Morgan fingerprint density at radius 1 is 1.08 bits per heavy atom. The predicted molar refractivity (Wildman–Crippen MR) is 107 cm³/mol. The van der Waals surface area contributed by atoms with Gasteiger partial charge in [-0.2, -0.15) is 0 Å². The molecule has 26 heavy (non-hydrogen) atoms. The molecule has 4 N–H and O–H groups in total. The van der Waals surface area contributed by atoms with Gasteiger partial charge in [0.05, 0.1) is 6.54 Å². The smallest absolute Gasteiger partial charge is 0.227 e. The molecule has 1 aliphatic carbocycles. The molecule has 0 saturated heterocycles. The number of nitrogens with two attached hydrogens (primary N) is 1. The number of rotatable bonds is 5. The molecule has 3 rings (SSSR count). The Hall–Kier alpha value is -2.82. The Bertz CT molecular complexity index is 804. The van der Waals surface area contributed by atoms with Crippen LogP contribution in [0.2, 0.25) is 0 Å². The van der Waals surface area contributed by atoms with Gasteiger partial charge in [-0.25, -0.2) is 4.99 Å². The van der Waals surface area contributed by atoms with Gasteiger partial charge in [0.25, 0.3) is 0 Å². The van der Waals surface area contributed by atoms with Crippen LogP contribution in [0.25, 0.3) is 0 Å².